The van der Waals surface area contributed by atoms with E-state index in [1.54, 1.807) is 0 Å². The predicted molar refractivity (Wildman–Crippen MR) is 357 cm³/mol. The first-order valence-corrected chi connectivity index (χ1v) is 30.1. The van der Waals surface area contributed by atoms with Gasteiger partial charge in [0.15, 0.2) is 86.3 Å². The molecule has 0 amide bonds. The van der Waals surface area contributed by atoms with Gasteiger partial charge in [-0.05, 0) is 127 Å². The monoisotopic (exact) mass is 1410 g/mol. The molecule has 7 aromatic carbocycles. The van der Waals surface area contributed by atoms with E-state index in [2.05, 4.69) is 0 Å². The molecule has 2 unspecified atom stereocenters. The number of aliphatic hydroxyl groups excluding tert-OH is 4. The largest absolute Gasteiger partial charge is 0.508 e. The summed E-state index contributed by atoms with van der Waals surface area (Å²) in [7, 11) is 0. The second-order valence-electron chi connectivity index (χ2n) is 23.4. The molecule has 4 aliphatic rings. The molecule has 20 N–H and O–H groups in total. The fourth-order valence-corrected chi connectivity index (χ4v) is 11.8. The molecule has 2 aliphatic carbocycles. The number of phenols is 12. The van der Waals surface area contributed by atoms with Crippen molar-refractivity contribution in [3.63, 3.8) is 0 Å². The van der Waals surface area contributed by atoms with Crippen molar-refractivity contribution in [2.45, 2.75) is 37.5 Å². The number of carbonyl (C=O) groups is 3. The second kappa shape index (κ2) is 27.4. The van der Waals surface area contributed by atoms with Crippen molar-refractivity contribution in [2.75, 3.05) is 0 Å². The van der Waals surface area contributed by atoms with Crippen LogP contribution in [0.5, 0.6) is 97.7 Å². The molecule has 14 rings (SSSR count). The van der Waals surface area contributed by atoms with Gasteiger partial charge in [-0.25, -0.2) is 4.79 Å². The van der Waals surface area contributed by atoms with Gasteiger partial charge >= 0.3 is 17.9 Å². The highest BCUT2D eigenvalue weighted by molar-refractivity contribution is 5.96. The Balaban J connectivity index is 0.000000145. The zero-order valence-corrected chi connectivity index (χ0v) is 52.3. The Morgan fingerprint density at radius 2 is 0.757 bits per heavy atom. The number of aliphatic carboxylic acids is 1. The molecular formula is C72H54O31. The second-order valence-corrected chi connectivity index (χ2v) is 23.4. The topological polar surface area (TPSA) is 565 Å². The van der Waals surface area contributed by atoms with Crippen LogP contribution >= 0.6 is 0 Å². The van der Waals surface area contributed by atoms with Crippen molar-refractivity contribution in [3.8, 4) is 132 Å². The molecule has 528 valence electrons. The van der Waals surface area contributed by atoms with Gasteiger partial charge in [0.2, 0.25) is 33.5 Å². The minimum atomic E-state index is -1.06. The highest BCUT2D eigenvalue weighted by Gasteiger charge is 2.40. The van der Waals surface area contributed by atoms with Crippen LogP contribution in [0, 0.1) is 11.8 Å². The lowest BCUT2D eigenvalue weighted by Crippen LogP contribution is -2.26. The molecule has 0 saturated heterocycles. The Bertz CT molecular complexity index is 5360. The maximum absolute atomic E-state index is 13.0. The summed E-state index contributed by atoms with van der Waals surface area (Å²) in [5.74, 6) is -14.6. The Labute approximate surface area is 573 Å². The van der Waals surface area contributed by atoms with Crippen LogP contribution in [-0.4, -0.2) is 120 Å². The molecule has 0 bridgehead atoms. The third kappa shape index (κ3) is 13.6. The first-order chi connectivity index (χ1) is 48.8. The zero-order chi connectivity index (χ0) is 74.5. The van der Waals surface area contributed by atoms with E-state index in [9.17, 15) is 116 Å². The van der Waals surface area contributed by atoms with Gasteiger partial charge < -0.3 is 125 Å². The minimum absolute atomic E-state index is 0.0498. The highest BCUT2D eigenvalue weighted by Crippen LogP contribution is 2.52. The third-order valence-corrected chi connectivity index (χ3v) is 16.7. The maximum atomic E-state index is 13.0. The fraction of sp³-hybridized carbons (Fsp3) is 0.111. The van der Waals surface area contributed by atoms with Crippen molar-refractivity contribution in [2.24, 2.45) is 11.8 Å². The Morgan fingerprint density at radius 1 is 0.388 bits per heavy atom. The molecule has 31 nitrogen and oxygen atoms in total. The number of carboxylic acid groups (broad SMARTS) is 1. The van der Waals surface area contributed by atoms with Crippen molar-refractivity contribution in [1.82, 2.24) is 0 Å². The number of fused-ring (bicyclic) bond motifs is 7. The molecule has 3 aromatic heterocycles. The lowest BCUT2D eigenvalue weighted by atomic mass is 9.77. The summed E-state index contributed by atoms with van der Waals surface area (Å²) in [6, 6.07) is 18.9. The van der Waals surface area contributed by atoms with Crippen LogP contribution in [0.3, 0.4) is 0 Å². The van der Waals surface area contributed by atoms with E-state index in [4.69, 9.17) is 38.0 Å². The minimum Gasteiger partial charge on any atom is -0.508 e. The summed E-state index contributed by atoms with van der Waals surface area (Å²) in [4.78, 5) is 73.0. The molecule has 0 fully saturated rings. The van der Waals surface area contributed by atoms with Crippen molar-refractivity contribution in [3.05, 3.63) is 198 Å². The number of carbonyl (C=O) groups excluding carboxylic acids is 2. The number of hydrogen-bond donors (Lipinski definition) is 20. The first-order valence-electron chi connectivity index (χ1n) is 30.1. The van der Waals surface area contributed by atoms with Gasteiger partial charge in [0.1, 0.15) is 67.4 Å². The van der Waals surface area contributed by atoms with Gasteiger partial charge in [0.25, 0.3) is 0 Å². The molecule has 10 aromatic rings. The van der Waals surface area contributed by atoms with E-state index in [1.807, 2.05) is 0 Å². The average Bonchev–Trinajstić information content (AvgIpc) is 0.741. The van der Waals surface area contributed by atoms with E-state index in [-0.39, 0.29) is 161 Å². The van der Waals surface area contributed by atoms with E-state index < -0.39 is 121 Å². The van der Waals surface area contributed by atoms with Crippen LogP contribution in [0.2, 0.25) is 0 Å². The molecule has 5 heterocycles. The van der Waals surface area contributed by atoms with Crippen LogP contribution in [-0.2, 0) is 14.4 Å². The van der Waals surface area contributed by atoms with Crippen LogP contribution < -0.4 is 25.8 Å². The normalized spacial score (nSPS) is 16.7. The number of aromatic hydroxyl groups is 15. The number of phenolic OH excluding ortho intramolecular Hbond substituents is 12. The molecule has 0 spiro atoms. The maximum Gasteiger partial charge on any atom is 0.328 e. The molecule has 31 heteroatoms. The van der Waals surface area contributed by atoms with Crippen molar-refractivity contribution < 1.29 is 139 Å². The van der Waals surface area contributed by atoms with E-state index in [0.29, 0.717) is 5.56 Å². The van der Waals surface area contributed by atoms with Crippen LogP contribution in [0.15, 0.2) is 178 Å². The van der Waals surface area contributed by atoms with Crippen LogP contribution in [0.4, 0.5) is 0 Å². The predicted octanol–water partition coefficient (Wildman–Crippen LogP) is 10.3. The smallest absolute Gasteiger partial charge is 0.328 e. The molecule has 0 saturated carbocycles. The number of carboxylic acids is 1. The summed E-state index contributed by atoms with van der Waals surface area (Å²) in [6.07, 6.45) is 8.08. The number of hydrogen-bond acceptors (Lipinski definition) is 30. The average molecular weight is 1420 g/mol. The highest BCUT2D eigenvalue weighted by atomic mass is 16.5. The Morgan fingerprint density at radius 3 is 1.14 bits per heavy atom. The van der Waals surface area contributed by atoms with Gasteiger partial charge in [-0.2, -0.15) is 0 Å². The number of rotatable bonds is 7. The van der Waals surface area contributed by atoms with Crippen LogP contribution in [0.1, 0.15) is 54.2 Å². The molecule has 0 radical (unpaired) electrons. The van der Waals surface area contributed by atoms with E-state index in [0.717, 1.165) is 66.7 Å². The standard InChI is InChI=1S/2C24H18O10.C15H10O7.C9H8O4/c2*25-12-3-1-9(5-14(12)27)11-7-18(30)33-17-8-16(29)20-21(31)22(32)23(34-24(20)19(11)17)10-2-4-13(26)15(28)6-10;16-7-4-10(19)12-11(5-7)22-15(14(21)13(12)20)6-1-2-8(17)9(18)3-6;10-7-3-1-6(5-8(7)11)2-4-9(12)13/h2*2-6,8-9,11,25-29,32H,1,7H2;1-5,16-19,21H;1-5,10-11H,(H,12,13)/b;;;4-2+/t2*9?,11-;;/m10../s1. The number of esters is 2. The summed E-state index contributed by atoms with van der Waals surface area (Å²) in [6.45, 7) is 0. The van der Waals surface area contributed by atoms with E-state index in [1.165, 1.54) is 66.8 Å². The number of aliphatic hydroxyl groups is 4. The Hall–Kier alpha value is -14.5. The van der Waals surface area contributed by atoms with Gasteiger partial charge in [-0.3, -0.25) is 24.0 Å². The summed E-state index contributed by atoms with van der Waals surface area (Å²) >= 11 is 0. The van der Waals surface area contributed by atoms with Gasteiger partial charge in [-0.1, -0.05) is 6.07 Å². The lowest BCUT2D eigenvalue weighted by molar-refractivity contribution is -0.137. The summed E-state index contributed by atoms with van der Waals surface area (Å²) in [5.41, 5.74) is -1.94. The van der Waals surface area contributed by atoms with Gasteiger partial charge in [0.05, 0.1) is 12.8 Å². The first kappa shape index (κ1) is 69.8. The van der Waals surface area contributed by atoms with Crippen molar-refractivity contribution >= 4 is 56.9 Å². The van der Waals surface area contributed by atoms with Gasteiger partial charge in [-0.15, -0.1) is 0 Å². The summed E-state index contributed by atoms with van der Waals surface area (Å²) in [5, 5.41) is 194. The van der Waals surface area contributed by atoms with Crippen molar-refractivity contribution in [1.29, 1.82) is 0 Å². The SMILES string of the molecule is O=C(O)/C=C/c1ccc(O)c(O)c1.O=C1C[C@@H](C2C=C(O)C(O)=CC2)c2c(cc(O)c3c(=O)c(O)c(-c4ccc(O)c(O)c4)oc23)O1.O=C1C[C@H](C2C=C(O)C(O)=CC2)c2c(cc(O)c3c(=O)c(O)c(-c4ccc(O)c(O)c4)oc23)O1.O=c1c(O)c(-c2ccc(O)c(O)c2)oc2cc(O)cc(O)c12. The number of benzene rings is 7. The molecular weight excluding hydrogens is 1360 g/mol. The number of allylic oxidation sites excluding steroid dienone is 4. The molecule has 2 aliphatic heterocycles. The zero-order valence-electron chi connectivity index (χ0n) is 52.3. The van der Waals surface area contributed by atoms with Crippen LogP contribution in [0.25, 0.3) is 73.0 Å². The molecule has 103 heavy (non-hydrogen) atoms. The quantitative estimate of drug-likeness (QED) is 0.0305. The lowest BCUT2D eigenvalue weighted by Gasteiger charge is -2.31. The van der Waals surface area contributed by atoms with Gasteiger partial charge in [0, 0.05) is 70.0 Å². The number of ether oxygens (including phenoxy) is 2. The fourth-order valence-electron chi connectivity index (χ4n) is 11.8. The van der Waals surface area contributed by atoms with E-state index >= 15 is 0 Å². The summed E-state index contributed by atoms with van der Waals surface area (Å²) < 4.78 is 27.7. The third-order valence-electron chi connectivity index (χ3n) is 16.7. The Kier molecular flexibility index (Phi) is 18.6. The molecule has 4 atom stereocenters.